The predicted molar refractivity (Wildman–Crippen MR) is 62.4 cm³/mol. The first kappa shape index (κ1) is 13.1. The van der Waals surface area contributed by atoms with Gasteiger partial charge in [0.1, 0.15) is 0 Å². The third-order valence-electron chi connectivity index (χ3n) is 1.93. The van der Waals surface area contributed by atoms with Crippen LogP contribution in [0.15, 0.2) is 36.5 Å². The number of rotatable bonds is 7. The lowest BCUT2D eigenvalue weighted by Crippen LogP contribution is -2.24. The van der Waals surface area contributed by atoms with Gasteiger partial charge in [-0.1, -0.05) is 36.5 Å². The Morgan fingerprint density at radius 3 is 2.79 bits per heavy atom. The summed E-state index contributed by atoms with van der Waals surface area (Å²) in [5.41, 5.74) is 1.21. The summed E-state index contributed by atoms with van der Waals surface area (Å²) in [5, 5.41) is 3.09. The van der Waals surface area contributed by atoms with Gasteiger partial charge >= 0.3 is 0 Å². The summed E-state index contributed by atoms with van der Waals surface area (Å²) >= 11 is 0. The van der Waals surface area contributed by atoms with Gasteiger partial charge in [0.05, 0.1) is 6.10 Å². The molecule has 0 rings (SSSR count). The summed E-state index contributed by atoms with van der Waals surface area (Å²) in [4.78, 5) is 0. The maximum absolute atomic E-state index is 5.28. The van der Waals surface area contributed by atoms with Gasteiger partial charge in [0, 0.05) is 13.7 Å². The van der Waals surface area contributed by atoms with Gasteiger partial charge in [-0.25, -0.2) is 0 Å². The molecule has 0 saturated carbocycles. The molecule has 0 saturated heterocycles. The summed E-state index contributed by atoms with van der Waals surface area (Å²) in [6.07, 6.45) is 9.18. The number of methoxy groups -OCH3 is 1. The Balaban J connectivity index is 3.88. The molecule has 0 aromatic carbocycles. The number of hydrogen-bond acceptors (Lipinski definition) is 2. The molecule has 0 amide bonds. The number of allylic oxidation sites excluding steroid dienone is 4. The van der Waals surface area contributed by atoms with Crippen molar-refractivity contribution in [3.63, 3.8) is 0 Å². The van der Waals surface area contributed by atoms with Crippen LogP contribution in [0.3, 0.4) is 0 Å². The molecule has 2 heteroatoms. The van der Waals surface area contributed by atoms with Crippen LogP contribution >= 0.6 is 0 Å². The second-order valence-electron chi connectivity index (χ2n) is 3.20. The van der Waals surface area contributed by atoms with Crippen molar-refractivity contribution in [1.29, 1.82) is 0 Å². The average molecular weight is 195 g/mol. The molecule has 1 atom stereocenters. The lowest BCUT2D eigenvalue weighted by molar-refractivity contribution is 0.106. The van der Waals surface area contributed by atoms with Crippen LogP contribution in [-0.4, -0.2) is 26.8 Å². The molecule has 0 bridgehead atoms. The molecular weight excluding hydrogens is 174 g/mol. The quantitative estimate of drug-likeness (QED) is 0.629. The maximum Gasteiger partial charge on any atom is 0.0729 e. The van der Waals surface area contributed by atoms with Crippen molar-refractivity contribution < 1.29 is 4.74 Å². The molecule has 14 heavy (non-hydrogen) atoms. The van der Waals surface area contributed by atoms with E-state index in [0.717, 1.165) is 13.0 Å². The van der Waals surface area contributed by atoms with Gasteiger partial charge in [-0.05, 0) is 20.4 Å². The first-order valence-electron chi connectivity index (χ1n) is 4.87. The Morgan fingerprint density at radius 2 is 2.29 bits per heavy atom. The highest BCUT2D eigenvalue weighted by Gasteiger charge is 2.01. The normalized spacial score (nSPS) is 14.6. The Labute approximate surface area is 87.3 Å². The van der Waals surface area contributed by atoms with Crippen molar-refractivity contribution in [3.05, 3.63) is 36.5 Å². The minimum atomic E-state index is 0.257. The van der Waals surface area contributed by atoms with Crippen LogP contribution in [0, 0.1) is 0 Å². The largest absolute Gasteiger partial charge is 0.380 e. The second-order valence-corrected chi connectivity index (χ2v) is 3.20. The van der Waals surface area contributed by atoms with Crippen LogP contribution in [0.25, 0.3) is 0 Å². The molecule has 1 N–H and O–H groups in total. The van der Waals surface area contributed by atoms with Crippen molar-refractivity contribution in [2.75, 3.05) is 20.7 Å². The molecule has 0 aromatic rings. The minimum absolute atomic E-state index is 0.257. The number of ether oxygens (including phenoxy) is 1. The van der Waals surface area contributed by atoms with Gasteiger partial charge in [0.15, 0.2) is 0 Å². The number of hydrogen-bond donors (Lipinski definition) is 1. The lowest BCUT2D eigenvalue weighted by atomic mass is 10.2. The van der Waals surface area contributed by atoms with E-state index in [4.69, 9.17) is 4.74 Å². The minimum Gasteiger partial charge on any atom is -0.380 e. The van der Waals surface area contributed by atoms with E-state index in [0.29, 0.717) is 0 Å². The topological polar surface area (TPSA) is 21.3 Å². The van der Waals surface area contributed by atoms with Crippen molar-refractivity contribution in [3.8, 4) is 0 Å². The molecule has 1 unspecified atom stereocenters. The third-order valence-corrected chi connectivity index (χ3v) is 1.93. The predicted octanol–water partition coefficient (Wildman–Crippen LogP) is 2.30. The van der Waals surface area contributed by atoms with Gasteiger partial charge in [0.2, 0.25) is 0 Å². The van der Waals surface area contributed by atoms with Gasteiger partial charge in [-0.2, -0.15) is 0 Å². The van der Waals surface area contributed by atoms with Gasteiger partial charge in [-0.15, -0.1) is 0 Å². The second kappa shape index (κ2) is 8.73. The SMILES string of the molecule is C=C/C=C(C)\C=C/CC(CNC)OC. The Bertz CT molecular complexity index is 206. The van der Waals surface area contributed by atoms with E-state index in [1.165, 1.54) is 5.57 Å². The van der Waals surface area contributed by atoms with Crippen molar-refractivity contribution >= 4 is 0 Å². The first-order valence-corrected chi connectivity index (χ1v) is 4.87. The maximum atomic E-state index is 5.28. The van der Waals surface area contributed by atoms with E-state index in [1.54, 1.807) is 13.2 Å². The molecule has 80 valence electrons. The zero-order valence-corrected chi connectivity index (χ0v) is 9.42. The third kappa shape index (κ3) is 6.63. The molecule has 0 heterocycles. The number of likely N-dealkylation sites (N-methyl/N-ethyl adjacent to an activating group) is 1. The summed E-state index contributed by atoms with van der Waals surface area (Å²) in [6.45, 7) is 6.58. The molecule has 0 aliphatic rings. The highest BCUT2D eigenvalue weighted by molar-refractivity contribution is 5.20. The number of nitrogens with one attached hydrogen (secondary N) is 1. The molecule has 2 nitrogen and oxygen atoms in total. The highest BCUT2D eigenvalue weighted by Crippen LogP contribution is 2.01. The van der Waals surface area contributed by atoms with E-state index >= 15 is 0 Å². The average Bonchev–Trinajstić information content (AvgIpc) is 2.17. The van der Waals surface area contributed by atoms with Crippen molar-refractivity contribution in [2.45, 2.75) is 19.4 Å². The molecule has 0 fully saturated rings. The summed E-state index contributed by atoms with van der Waals surface area (Å²) in [6, 6.07) is 0. The van der Waals surface area contributed by atoms with Crippen LogP contribution < -0.4 is 5.32 Å². The standard InChI is InChI=1S/C12H21NO/c1-5-7-11(2)8-6-9-12(14-4)10-13-3/h5-8,12-13H,1,9-10H2,2-4H3/b8-6-,11-7-. The molecular formula is C12H21NO. The van der Waals surface area contributed by atoms with E-state index < -0.39 is 0 Å². The van der Waals surface area contributed by atoms with Gasteiger partial charge in [0.25, 0.3) is 0 Å². The van der Waals surface area contributed by atoms with E-state index in [9.17, 15) is 0 Å². The van der Waals surface area contributed by atoms with Crippen LogP contribution in [0.2, 0.25) is 0 Å². The molecule has 0 spiro atoms. The first-order chi connectivity index (χ1) is 6.74. The van der Waals surface area contributed by atoms with Crippen LogP contribution in [-0.2, 0) is 4.74 Å². The Kier molecular flexibility index (Phi) is 8.19. The van der Waals surface area contributed by atoms with Gasteiger partial charge < -0.3 is 10.1 Å². The molecule has 0 radical (unpaired) electrons. The molecule has 0 aliphatic heterocycles. The fraction of sp³-hybridized carbons (Fsp3) is 0.500. The summed E-state index contributed by atoms with van der Waals surface area (Å²) < 4.78 is 5.28. The molecule has 0 aromatic heterocycles. The van der Waals surface area contributed by atoms with E-state index in [-0.39, 0.29) is 6.10 Å². The van der Waals surface area contributed by atoms with Crippen LogP contribution in [0.5, 0.6) is 0 Å². The smallest absolute Gasteiger partial charge is 0.0729 e. The Hall–Kier alpha value is -0.860. The van der Waals surface area contributed by atoms with E-state index in [2.05, 4.69) is 31.0 Å². The van der Waals surface area contributed by atoms with E-state index in [1.807, 2.05) is 13.1 Å². The highest BCUT2D eigenvalue weighted by atomic mass is 16.5. The summed E-state index contributed by atoms with van der Waals surface area (Å²) in [7, 11) is 3.67. The van der Waals surface area contributed by atoms with Crippen molar-refractivity contribution in [1.82, 2.24) is 5.32 Å². The fourth-order valence-electron chi connectivity index (χ4n) is 1.14. The van der Waals surface area contributed by atoms with Crippen LogP contribution in [0.1, 0.15) is 13.3 Å². The fourth-order valence-corrected chi connectivity index (χ4v) is 1.14. The Morgan fingerprint density at radius 1 is 1.57 bits per heavy atom. The summed E-state index contributed by atoms with van der Waals surface area (Å²) in [5.74, 6) is 0. The zero-order chi connectivity index (χ0) is 10.8. The zero-order valence-electron chi connectivity index (χ0n) is 9.42. The van der Waals surface area contributed by atoms with Crippen molar-refractivity contribution in [2.24, 2.45) is 0 Å². The lowest BCUT2D eigenvalue weighted by Gasteiger charge is -2.11. The monoisotopic (exact) mass is 195 g/mol. The molecule has 0 aliphatic carbocycles. The van der Waals surface area contributed by atoms with Crippen LogP contribution in [0.4, 0.5) is 0 Å². The van der Waals surface area contributed by atoms with Gasteiger partial charge in [-0.3, -0.25) is 0 Å².